The molecule has 8 heteroatoms. The van der Waals surface area contributed by atoms with Gasteiger partial charge in [0.2, 0.25) is 0 Å². The van der Waals surface area contributed by atoms with Crippen molar-refractivity contribution in [3.8, 4) is 5.75 Å². The van der Waals surface area contributed by atoms with Gasteiger partial charge in [-0.3, -0.25) is 4.79 Å². The van der Waals surface area contributed by atoms with Gasteiger partial charge in [0, 0.05) is 44.1 Å². The van der Waals surface area contributed by atoms with E-state index >= 15 is 0 Å². The highest BCUT2D eigenvalue weighted by Gasteiger charge is 2.35. The summed E-state index contributed by atoms with van der Waals surface area (Å²) in [7, 11) is 2.08. The maximum atomic E-state index is 13.2. The van der Waals surface area contributed by atoms with Crippen molar-refractivity contribution < 1.29 is 22.7 Å². The number of para-hydroxylation sites is 1. The first-order valence-corrected chi connectivity index (χ1v) is 10.6. The van der Waals surface area contributed by atoms with Crippen LogP contribution in [0.1, 0.15) is 46.9 Å². The van der Waals surface area contributed by atoms with Crippen LogP contribution in [0.5, 0.6) is 5.75 Å². The number of likely N-dealkylation sites (tertiary alicyclic amines) is 2. The van der Waals surface area contributed by atoms with Crippen molar-refractivity contribution in [2.24, 2.45) is 0 Å². The number of rotatable bonds is 4. The number of piperidine rings is 1. The van der Waals surface area contributed by atoms with E-state index in [2.05, 4.69) is 16.9 Å². The third kappa shape index (κ3) is 5.01. The summed E-state index contributed by atoms with van der Waals surface area (Å²) in [4.78, 5) is 21.5. The molecule has 2 saturated heterocycles. The molecule has 1 aromatic carbocycles. The Labute approximate surface area is 179 Å². The summed E-state index contributed by atoms with van der Waals surface area (Å²) in [5.74, 6) is 0.0450. The average molecular weight is 433 g/mol. The standard InChI is InChI=1S/C23H26F3N3O2/c1-28-12-9-16(15-28)19-6-4-7-20(27-19)22(30)29-13-10-17(11-14-29)31-21-8-3-2-5-18(21)23(24,25)26/h2-8,16-17H,9-15H2,1H3. The van der Waals surface area contributed by atoms with Crippen molar-refractivity contribution in [2.75, 3.05) is 33.2 Å². The van der Waals surface area contributed by atoms with Crippen LogP contribution in [0.15, 0.2) is 42.5 Å². The van der Waals surface area contributed by atoms with Gasteiger partial charge in [-0.2, -0.15) is 13.2 Å². The van der Waals surface area contributed by atoms with Crippen LogP contribution < -0.4 is 4.74 Å². The highest BCUT2D eigenvalue weighted by atomic mass is 19.4. The highest BCUT2D eigenvalue weighted by Crippen LogP contribution is 2.37. The second kappa shape index (κ2) is 8.86. The quantitative estimate of drug-likeness (QED) is 0.725. The molecule has 2 fully saturated rings. The van der Waals surface area contributed by atoms with E-state index in [1.54, 1.807) is 11.0 Å². The number of amides is 1. The molecule has 2 aromatic rings. The number of hydrogen-bond acceptors (Lipinski definition) is 4. The van der Waals surface area contributed by atoms with Crippen LogP contribution in [0, 0.1) is 0 Å². The SMILES string of the molecule is CN1CCC(c2cccc(C(=O)N3CCC(Oc4ccccc4C(F)(F)F)CC3)n2)C1. The Hall–Kier alpha value is -2.61. The average Bonchev–Trinajstić information content (AvgIpc) is 3.20. The molecule has 4 rings (SSSR count). The summed E-state index contributed by atoms with van der Waals surface area (Å²) in [6.45, 7) is 2.81. The number of carbonyl (C=O) groups is 1. The van der Waals surface area contributed by atoms with Crippen molar-refractivity contribution in [3.05, 3.63) is 59.4 Å². The lowest BCUT2D eigenvalue weighted by Gasteiger charge is -2.32. The lowest BCUT2D eigenvalue weighted by Crippen LogP contribution is -2.42. The van der Waals surface area contributed by atoms with Gasteiger partial charge < -0.3 is 14.5 Å². The normalized spacial score (nSPS) is 20.8. The van der Waals surface area contributed by atoms with Gasteiger partial charge in [0.1, 0.15) is 17.5 Å². The summed E-state index contributed by atoms with van der Waals surface area (Å²) in [5.41, 5.74) is 0.595. The predicted molar refractivity (Wildman–Crippen MR) is 110 cm³/mol. The molecule has 2 aliphatic heterocycles. The molecule has 0 aliphatic carbocycles. The van der Waals surface area contributed by atoms with Crippen LogP contribution in [-0.4, -0.2) is 60.0 Å². The minimum Gasteiger partial charge on any atom is -0.490 e. The van der Waals surface area contributed by atoms with E-state index in [1.807, 2.05) is 12.1 Å². The van der Waals surface area contributed by atoms with Gasteiger partial charge in [0.15, 0.2) is 0 Å². The molecule has 0 N–H and O–H groups in total. The number of ether oxygens (including phenoxy) is 1. The molecular weight excluding hydrogens is 407 g/mol. The second-order valence-corrected chi connectivity index (χ2v) is 8.30. The number of alkyl halides is 3. The largest absolute Gasteiger partial charge is 0.490 e. The number of carbonyl (C=O) groups excluding carboxylic acids is 1. The Bertz CT molecular complexity index is 926. The summed E-state index contributed by atoms with van der Waals surface area (Å²) in [5, 5.41) is 0. The number of pyridine rings is 1. The van der Waals surface area contributed by atoms with Gasteiger partial charge in [0.05, 0.1) is 5.56 Å². The first-order chi connectivity index (χ1) is 14.8. The van der Waals surface area contributed by atoms with Crippen molar-refractivity contribution >= 4 is 5.91 Å². The van der Waals surface area contributed by atoms with Gasteiger partial charge in [-0.25, -0.2) is 4.98 Å². The van der Waals surface area contributed by atoms with E-state index in [0.717, 1.165) is 31.3 Å². The molecule has 1 atom stereocenters. The number of benzene rings is 1. The van der Waals surface area contributed by atoms with Crippen molar-refractivity contribution in [2.45, 2.75) is 37.5 Å². The number of aromatic nitrogens is 1. The predicted octanol–water partition coefficient (Wildman–Crippen LogP) is 4.20. The zero-order valence-corrected chi connectivity index (χ0v) is 17.4. The van der Waals surface area contributed by atoms with E-state index in [-0.39, 0.29) is 17.8 Å². The Kier molecular flexibility index (Phi) is 6.18. The highest BCUT2D eigenvalue weighted by molar-refractivity contribution is 5.92. The van der Waals surface area contributed by atoms with Gasteiger partial charge in [-0.15, -0.1) is 0 Å². The number of hydrogen-bond donors (Lipinski definition) is 0. The Morgan fingerprint density at radius 1 is 1.03 bits per heavy atom. The van der Waals surface area contributed by atoms with Crippen molar-refractivity contribution in [1.82, 2.24) is 14.8 Å². The zero-order chi connectivity index (χ0) is 22.0. The van der Waals surface area contributed by atoms with Gasteiger partial charge >= 0.3 is 6.18 Å². The molecule has 5 nitrogen and oxygen atoms in total. The lowest BCUT2D eigenvalue weighted by molar-refractivity contribution is -0.139. The van der Waals surface area contributed by atoms with Crippen LogP contribution in [0.4, 0.5) is 13.2 Å². The Balaban J connectivity index is 1.37. The number of nitrogens with zero attached hydrogens (tertiary/aromatic N) is 3. The summed E-state index contributed by atoms with van der Waals surface area (Å²) in [6.07, 6.45) is -2.84. The van der Waals surface area contributed by atoms with E-state index < -0.39 is 11.7 Å². The van der Waals surface area contributed by atoms with E-state index in [1.165, 1.54) is 18.2 Å². The summed E-state index contributed by atoms with van der Waals surface area (Å²) >= 11 is 0. The summed E-state index contributed by atoms with van der Waals surface area (Å²) in [6, 6.07) is 10.8. The van der Waals surface area contributed by atoms with Crippen LogP contribution in [-0.2, 0) is 6.18 Å². The van der Waals surface area contributed by atoms with Crippen LogP contribution in [0.2, 0.25) is 0 Å². The first-order valence-electron chi connectivity index (χ1n) is 10.6. The van der Waals surface area contributed by atoms with Crippen molar-refractivity contribution in [3.63, 3.8) is 0 Å². The molecule has 1 unspecified atom stereocenters. The topological polar surface area (TPSA) is 45.7 Å². The fraction of sp³-hybridized carbons (Fsp3) is 0.478. The first kappa shape index (κ1) is 21.6. The molecule has 1 aromatic heterocycles. The van der Waals surface area contributed by atoms with Crippen molar-refractivity contribution in [1.29, 1.82) is 0 Å². The molecule has 31 heavy (non-hydrogen) atoms. The fourth-order valence-electron chi connectivity index (χ4n) is 4.30. The van der Waals surface area contributed by atoms with Gasteiger partial charge in [-0.1, -0.05) is 18.2 Å². The van der Waals surface area contributed by atoms with E-state index in [9.17, 15) is 18.0 Å². The minimum absolute atomic E-state index is 0.137. The third-order valence-corrected chi connectivity index (χ3v) is 6.01. The molecule has 0 radical (unpaired) electrons. The van der Waals surface area contributed by atoms with E-state index in [4.69, 9.17) is 4.74 Å². The third-order valence-electron chi connectivity index (χ3n) is 6.01. The number of halogens is 3. The number of likely N-dealkylation sites (N-methyl/N-ethyl adjacent to an activating group) is 1. The maximum Gasteiger partial charge on any atom is 0.419 e. The maximum absolute atomic E-state index is 13.2. The molecule has 0 spiro atoms. The van der Waals surface area contributed by atoms with Gasteiger partial charge in [-0.05, 0) is 44.3 Å². The lowest BCUT2D eigenvalue weighted by atomic mass is 10.0. The van der Waals surface area contributed by atoms with E-state index in [0.29, 0.717) is 37.5 Å². The minimum atomic E-state index is -4.46. The van der Waals surface area contributed by atoms with Crippen LogP contribution >= 0.6 is 0 Å². The monoisotopic (exact) mass is 433 g/mol. The molecule has 0 bridgehead atoms. The smallest absolute Gasteiger partial charge is 0.419 e. The summed E-state index contributed by atoms with van der Waals surface area (Å²) < 4.78 is 45.2. The Morgan fingerprint density at radius 2 is 1.77 bits per heavy atom. The van der Waals surface area contributed by atoms with Gasteiger partial charge in [0.25, 0.3) is 5.91 Å². The van der Waals surface area contributed by atoms with Crippen LogP contribution in [0.3, 0.4) is 0 Å². The zero-order valence-electron chi connectivity index (χ0n) is 17.4. The molecular formula is C23H26F3N3O2. The molecule has 1 amide bonds. The molecule has 166 valence electrons. The molecule has 2 aliphatic rings. The molecule has 0 saturated carbocycles. The second-order valence-electron chi connectivity index (χ2n) is 8.30. The Morgan fingerprint density at radius 3 is 2.45 bits per heavy atom. The van der Waals surface area contributed by atoms with Crippen LogP contribution in [0.25, 0.3) is 0 Å². The molecule has 3 heterocycles. The fourth-order valence-corrected chi connectivity index (χ4v) is 4.30.